The maximum absolute atomic E-state index is 13.4. The number of aryl methyl sites for hydroxylation is 2. The number of carbonyl (C=O) groups is 2. The van der Waals surface area contributed by atoms with Crippen molar-refractivity contribution in [3.05, 3.63) is 118 Å². The van der Waals surface area contributed by atoms with Crippen LogP contribution in [0.5, 0.6) is 0 Å². The molecule has 5 aromatic rings. The zero-order valence-electron chi connectivity index (χ0n) is 22.1. The average Bonchev–Trinajstić information content (AvgIpc) is 3.62. The number of hydrogen-bond donors (Lipinski definition) is 2. The van der Waals surface area contributed by atoms with Crippen molar-refractivity contribution in [3.63, 3.8) is 0 Å². The Kier molecular flexibility index (Phi) is 6.18. The molecule has 0 atom stereocenters. The number of nitrogens with one attached hydrogen (secondary N) is 1. The second-order valence-electron chi connectivity index (χ2n) is 10.4. The Morgan fingerprint density at radius 1 is 1.00 bits per heavy atom. The van der Waals surface area contributed by atoms with Crippen LogP contribution in [0.3, 0.4) is 0 Å². The third-order valence-corrected chi connectivity index (χ3v) is 7.41. The van der Waals surface area contributed by atoms with E-state index < -0.39 is 11.4 Å². The van der Waals surface area contributed by atoms with Gasteiger partial charge in [0.1, 0.15) is 22.7 Å². The lowest BCUT2D eigenvalue weighted by Gasteiger charge is -2.17. The van der Waals surface area contributed by atoms with Crippen LogP contribution in [0.4, 0.5) is 4.39 Å². The molecule has 0 radical (unpaired) electrons. The second kappa shape index (κ2) is 9.72. The number of carbonyl (C=O) groups excluding carboxylic acids is 2. The second-order valence-corrected chi connectivity index (χ2v) is 10.4. The predicted molar refractivity (Wildman–Crippen MR) is 149 cm³/mol. The number of benzene rings is 3. The van der Waals surface area contributed by atoms with E-state index in [2.05, 4.69) is 15.3 Å². The van der Waals surface area contributed by atoms with Gasteiger partial charge in [0.25, 0.3) is 11.8 Å². The Labute approximate surface area is 230 Å². The first kappa shape index (κ1) is 25.4. The number of hydrogen-bond acceptors (Lipinski definition) is 5. The molecule has 1 aliphatic carbocycles. The highest BCUT2D eigenvalue weighted by Crippen LogP contribution is 2.44. The highest BCUT2D eigenvalue weighted by molar-refractivity contribution is 6.07. The number of halogens is 1. The molecule has 8 heteroatoms. The minimum absolute atomic E-state index is 0.202. The van der Waals surface area contributed by atoms with Crippen LogP contribution in [-0.4, -0.2) is 21.8 Å². The summed E-state index contributed by atoms with van der Waals surface area (Å²) in [5.74, 6) is -0.100. The van der Waals surface area contributed by atoms with Gasteiger partial charge in [-0.25, -0.2) is 14.4 Å². The van der Waals surface area contributed by atoms with Crippen LogP contribution in [0.1, 0.15) is 61.8 Å². The van der Waals surface area contributed by atoms with Gasteiger partial charge in [-0.1, -0.05) is 24.3 Å². The molecule has 0 aliphatic heterocycles. The van der Waals surface area contributed by atoms with Crippen molar-refractivity contribution in [2.24, 2.45) is 5.73 Å². The number of amides is 2. The molecule has 7 nitrogen and oxygen atoms in total. The molecule has 0 spiro atoms. The summed E-state index contributed by atoms with van der Waals surface area (Å²) in [5, 5.41) is 3.73. The lowest BCUT2D eigenvalue weighted by molar-refractivity contribution is 0.0927. The first-order chi connectivity index (χ1) is 19.2. The van der Waals surface area contributed by atoms with Gasteiger partial charge in [0.2, 0.25) is 0 Å². The first-order valence-electron chi connectivity index (χ1n) is 13.0. The maximum Gasteiger partial charge on any atom is 0.252 e. The van der Waals surface area contributed by atoms with E-state index in [0.29, 0.717) is 40.1 Å². The monoisotopic (exact) mass is 534 g/mol. The van der Waals surface area contributed by atoms with Crippen molar-refractivity contribution in [1.29, 1.82) is 0 Å². The SMILES string of the molecule is Cc1cnc(C2(NC(=O)c3ccc(C)c(-c4ccc5oc(Cc6ccc(F)cc6)c(C(N)=O)c5c4)c3)CC2)nc1. The van der Waals surface area contributed by atoms with Crippen molar-refractivity contribution in [2.75, 3.05) is 0 Å². The van der Waals surface area contributed by atoms with Gasteiger partial charge in [0, 0.05) is 29.8 Å². The summed E-state index contributed by atoms with van der Waals surface area (Å²) in [7, 11) is 0. The van der Waals surface area contributed by atoms with Gasteiger partial charge < -0.3 is 15.5 Å². The van der Waals surface area contributed by atoms with Crippen molar-refractivity contribution in [1.82, 2.24) is 15.3 Å². The molecule has 200 valence electrons. The third-order valence-electron chi connectivity index (χ3n) is 7.41. The van der Waals surface area contributed by atoms with Crippen molar-refractivity contribution in [3.8, 4) is 11.1 Å². The number of furan rings is 1. The van der Waals surface area contributed by atoms with Crippen LogP contribution < -0.4 is 11.1 Å². The summed E-state index contributed by atoms with van der Waals surface area (Å²) < 4.78 is 19.4. The Morgan fingerprint density at radius 2 is 1.73 bits per heavy atom. The van der Waals surface area contributed by atoms with Crippen molar-refractivity contribution < 1.29 is 18.4 Å². The lowest BCUT2D eigenvalue weighted by atomic mass is 9.95. The molecule has 0 unspecified atom stereocenters. The fraction of sp³-hybridized carbons (Fsp3) is 0.188. The highest BCUT2D eigenvalue weighted by atomic mass is 19.1. The van der Waals surface area contributed by atoms with Crippen molar-refractivity contribution in [2.45, 2.75) is 38.6 Å². The highest BCUT2D eigenvalue weighted by Gasteiger charge is 2.48. The molecule has 2 amide bonds. The zero-order valence-corrected chi connectivity index (χ0v) is 22.1. The normalized spacial score (nSPS) is 13.8. The number of fused-ring (bicyclic) bond motifs is 1. The largest absolute Gasteiger partial charge is 0.460 e. The zero-order chi connectivity index (χ0) is 28.0. The number of aromatic nitrogens is 2. The van der Waals surface area contributed by atoms with E-state index in [-0.39, 0.29) is 11.7 Å². The van der Waals surface area contributed by atoms with E-state index in [1.807, 2.05) is 38.1 Å². The molecule has 0 bridgehead atoms. The lowest BCUT2D eigenvalue weighted by Crippen LogP contribution is -2.36. The van der Waals surface area contributed by atoms with Gasteiger partial charge in [0.15, 0.2) is 5.82 Å². The summed E-state index contributed by atoms with van der Waals surface area (Å²) in [6.45, 7) is 3.89. The quantitative estimate of drug-likeness (QED) is 0.276. The fourth-order valence-electron chi connectivity index (χ4n) is 5.03. The molecule has 6 rings (SSSR count). The van der Waals surface area contributed by atoms with Crippen LogP contribution in [0, 0.1) is 19.7 Å². The standard InChI is InChI=1S/C32H27FN4O3/c1-18-16-35-31(36-17-18)32(11-12-32)37-30(39)22-6-3-19(2)24(15-22)21-7-10-26-25(14-21)28(29(34)38)27(40-26)13-20-4-8-23(33)9-5-20/h3-10,14-17H,11-13H2,1-2H3,(H2,34,38)(H,37,39). The van der Waals surface area contributed by atoms with Crippen LogP contribution >= 0.6 is 0 Å². The van der Waals surface area contributed by atoms with E-state index >= 15 is 0 Å². The molecule has 1 aliphatic rings. The van der Waals surface area contributed by atoms with Crippen LogP contribution in [-0.2, 0) is 12.0 Å². The van der Waals surface area contributed by atoms with Crippen molar-refractivity contribution >= 4 is 22.8 Å². The molecule has 40 heavy (non-hydrogen) atoms. The average molecular weight is 535 g/mol. The molecular weight excluding hydrogens is 507 g/mol. The summed E-state index contributed by atoms with van der Waals surface area (Å²) in [4.78, 5) is 34.7. The topological polar surface area (TPSA) is 111 Å². The van der Waals surface area contributed by atoms with Gasteiger partial charge in [-0.05, 0) is 90.9 Å². The van der Waals surface area contributed by atoms with Gasteiger partial charge in [-0.2, -0.15) is 0 Å². The molecule has 3 aromatic carbocycles. The molecule has 0 saturated heterocycles. The number of rotatable bonds is 7. The Morgan fingerprint density at radius 3 is 2.40 bits per heavy atom. The molecule has 3 N–H and O–H groups in total. The molecule has 1 saturated carbocycles. The Hall–Kier alpha value is -4.85. The minimum atomic E-state index is -0.606. The van der Waals surface area contributed by atoms with Gasteiger partial charge in [-0.3, -0.25) is 9.59 Å². The van der Waals surface area contributed by atoms with Gasteiger partial charge in [-0.15, -0.1) is 0 Å². The molecule has 2 aromatic heterocycles. The van der Waals surface area contributed by atoms with Gasteiger partial charge >= 0.3 is 0 Å². The van der Waals surface area contributed by atoms with Crippen LogP contribution in [0.2, 0.25) is 0 Å². The summed E-state index contributed by atoms with van der Waals surface area (Å²) in [6.07, 6.45) is 5.39. The number of primary amides is 1. The molecular formula is C32H27FN4O3. The Balaban J connectivity index is 1.33. The summed E-state index contributed by atoms with van der Waals surface area (Å²) in [6, 6.07) is 17.1. The third kappa shape index (κ3) is 4.73. The Bertz CT molecular complexity index is 1770. The van der Waals surface area contributed by atoms with E-state index in [4.69, 9.17) is 10.2 Å². The molecule has 1 fully saturated rings. The molecule has 2 heterocycles. The summed E-state index contributed by atoms with van der Waals surface area (Å²) >= 11 is 0. The van der Waals surface area contributed by atoms with E-state index in [0.717, 1.165) is 40.7 Å². The van der Waals surface area contributed by atoms with Crippen LogP contribution in [0.25, 0.3) is 22.1 Å². The fourth-order valence-corrected chi connectivity index (χ4v) is 5.03. The first-order valence-corrected chi connectivity index (χ1v) is 13.0. The smallest absolute Gasteiger partial charge is 0.252 e. The van der Waals surface area contributed by atoms with Crippen LogP contribution in [0.15, 0.2) is 77.5 Å². The predicted octanol–water partition coefficient (Wildman–Crippen LogP) is 5.75. The number of nitrogens with zero attached hydrogens (tertiary/aromatic N) is 2. The van der Waals surface area contributed by atoms with Gasteiger partial charge in [0.05, 0.1) is 5.56 Å². The van der Waals surface area contributed by atoms with E-state index in [1.165, 1.54) is 12.1 Å². The summed E-state index contributed by atoms with van der Waals surface area (Å²) in [5.41, 5.74) is 11.0. The number of nitrogens with two attached hydrogens (primary N) is 1. The van der Waals surface area contributed by atoms with E-state index in [1.54, 1.807) is 36.7 Å². The maximum atomic E-state index is 13.4. The van der Waals surface area contributed by atoms with E-state index in [9.17, 15) is 14.0 Å². The minimum Gasteiger partial charge on any atom is -0.460 e.